The fourth-order valence-corrected chi connectivity index (χ4v) is 1.54. The number of aliphatic carboxylic acids is 1. The summed E-state index contributed by atoms with van der Waals surface area (Å²) in [7, 11) is 0. The first-order valence-electron chi connectivity index (χ1n) is 5.93. The molecule has 0 saturated heterocycles. The van der Waals surface area contributed by atoms with Gasteiger partial charge in [-0.25, -0.2) is 0 Å². The van der Waals surface area contributed by atoms with E-state index in [2.05, 4.69) is 5.32 Å². The largest absolute Gasteiger partial charge is 0.481 e. The molecule has 0 bridgehead atoms. The first-order chi connectivity index (χ1) is 7.67. The molecule has 100 valence electrons. The molecule has 1 amide bonds. The predicted molar refractivity (Wildman–Crippen MR) is 66.9 cm³/mol. The van der Waals surface area contributed by atoms with Crippen LogP contribution in [0.2, 0.25) is 0 Å². The Labute approximate surface area is 103 Å². The lowest BCUT2D eigenvalue weighted by molar-refractivity contribution is -0.140. The van der Waals surface area contributed by atoms with Gasteiger partial charge in [0, 0.05) is 18.1 Å². The van der Waals surface area contributed by atoms with Crippen LogP contribution in [0, 0.1) is 0 Å². The van der Waals surface area contributed by atoms with Gasteiger partial charge < -0.3 is 15.3 Å². The maximum atomic E-state index is 11.9. The van der Waals surface area contributed by atoms with Gasteiger partial charge in [-0.05, 0) is 34.6 Å². The second-order valence-corrected chi connectivity index (χ2v) is 5.23. The number of carbonyl (C=O) groups is 2. The van der Waals surface area contributed by atoms with Crippen LogP contribution in [0.3, 0.4) is 0 Å². The normalized spacial score (nSPS) is 13.2. The highest BCUT2D eigenvalue weighted by atomic mass is 16.4. The third-order valence-electron chi connectivity index (χ3n) is 2.43. The van der Waals surface area contributed by atoms with E-state index in [0.29, 0.717) is 6.54 Å². The highest BCUT2D eigenvalue weighted by Gasteiger charge is 2.21. The number of amides is 1. The Bertz CT molecular complexity index is 271. The summed E-state index contributed by atoms with van der Waals surface area (Å²) in [5, 5.41) is 11.8. The van der Waals surface area contributed by atoms with Crippen LogP contribution in [-0.2, 0) is 9.59 Å². The third-order valence-corrected chi connectivity index (χ3v) is 2.43. The minimum Gasteiger partial charge on any atom is -0.481 e. The van der Waals surface area contributed by atoms with Crippen molar-refractivity contribution < 1.29 is 14.7 Å². The number of nitrogens with zero attached hydrogens (tertiary/aromatic N) is 1. The molecule has 0 aromatic carbocycles. The van der Waals surface area contributed by atoms with Crippen molar-refractivity contribution in [2.24, 2.45) is 0 Å². The Hall–Kier alpha value is -1.10. The highest BCUT2D eigenvalue weighted by Crippen LogP contribution is 2.05. The number of rotatable bonds is 6. The van der Waals surface area contributed by atoms with Crippen molar-refractivity contribution in [2.45, 2.75) is 52.6 Å². The summed E-state index contributed by atoms with van der Waals surface area (Å²) in [4.78, 5) is 24.1. The van der Waals surface area contributed by atoms with Crippen molar-refractivity contribution in [1.82, 2.24) is 10.2 Å². The van der Waals surface area contributed by atoms with Gasteiger partial charge in [0.25, 0.3) is 0 Å². The van der Waals surface area contributed by atoms with Crippen molar-refractivity contribution in [3.8, 4) is 0 Å². The number of hydrogen-bond acceptors (Lipinski definition) is 3. The Morgan fingerprint density at radius 2 is 1.88 bits per heavy atom. The molecule has 0 heterocycles. The van der Waals surface area contributed by atoms with E-state index in [9.17, 15) is 9.59 Å². The molecule has 2 N–H and O–H groups in total. The van der Waals surface area contributed by atoms with Crippen molar-refractivity contribution in [2.75, 3.05) is 13.1 Å². The number of hydrogen-bond donors (Lipinski definition) is 2. The zero-order valence-electron chi connectivity index (χ0n) is 11.4. The van der Waals surface area contributed by atoms with Crippen molar-refractivity contribution >= 4 is 11.9 Å². The van der Waals surface area contributed by atoms with Gasteiger partial charge >= 0.3 is 5.97 Å². The zero-order valence-corrected chi connectivity index (χ0v) is 11.4. The molecule has 0 radical (unpaired) electrons. The maximum absolute atomic E-state index is 11.9. The number of carboxylic acid groups (broad SMARTS) is 1. The third kappa shape index (κ3) is 6.94. The summed E-state index contributed by atoms with van der Waals surface area (Å²) in [5.74, 6) is -0.941. The second kappa shape index (κ2) is 6.59. The lowest BCUT2D eigenvalue weighted by Gasteiger charge is -2.29. The molecular formula is C12H24N2O3. The Balaban J connectivity index is 4.35. The van der Waals surface area contributed by atoms with Crippen LogP contribution in [-0.4, -0.2) is 46.6 Å². The fraction of sp³-hybridized carbons (Fsp3) is 0.833. The number of likely N-dealkylation sites (N-methyl/N-ethyl adjacent to an activating group) is 1. The van der Waals surface area contributed by atoms with E-state index in [1.807, 2.05) is 27.7 Å². The van der Waals surface area contributed by atoms with E-state index in [1.54, 1.807) is 11.8 Å². The smallest absolute Gasteiger partial charge is 0.305 e. The molecule has 5 nitrogen and oxygen atoms in total. The number of carbonyl (C=O) groups excluding carboxylic acids is 1. The summed E-state index contributed by atoms with van der Waals surface area (Å²) >= 11 is 0. The standard InChI is InChI=1S/C12H24N2O3/c1-6-14(9(2)7-11(16)17)10(15)8-13-12(3,4)5/h9,13H,6-8H2,1-5H3,(H,16,17). The van der Waals surface area contributed by atoms with Crippen LogP contribution < -0.4 is 5.32 Å². The van der Waals surface area contributed by atoms with Crippen LogP contribution in [0.1, 0.15) is 41.0 Å². The lowest BCUT2D eigenvalue weighted by Crippen LogP contribution is -2.48. The van der Waals surface area contributed by atoms with E-state index >= 15 is 0 Å². The first-order valence-corrected chi connectivity index (χ1v) is 5.93. The molecule has 17 heavy (non-hydrogen) atoms. The van der Waals surface area contributed by atoms with E-state index in [1.165, 1.54) is 0 Å². The molecule has 1 unspecified atom stereocenters. The van der Waals surface area contributed by atoms with Gasteiger partial charge in [0.15, 0.2) is 0 Å². The Morgan fingerprint density at radius 3 is 2.24 bits per heavy atom. The van der Waals surface area contributed by atoms with Gasteiger partial charge in [0.2, 0.25) is 5.91 Å². The van der Waals surface area contributed by atoms with Crippen LogP contribution >= 0.6 is 0 Å². The molecule has 0 aliphatic rings. The second-order valence-electron chi connectivity index (χ2n) is 5.23. The van der Waals surface area contributed by atoms with Crippen LogP contribution in [0.5, 0.6) is 0 Å². The van der Waals surface area contributed by atoms with Crippen LogP contribution in [0.25, 0.3) is 0 Å². The first kappa shape index (κ1) is 15.9. The molecule has 5 heteroatoms. The predicted octanol–water partition coefficient (Wildman–Crippen LogP) is 1.09. The molecule has 0 aromatic heterocycles. The molecule has 0 saturated carbocycles. The molecule has 0 aliphatic carbocycles. The maximum Gasteiger partial charge on any atom is 0.305 e. The van der Waals surface area contributed by atoms with Gasteiger partial charge in [-0.3, -0.25) is 9.59 Å². The quantitative estimate of drug-likeness (QED) is 0.733. The van der Waals surface area contributed by atoms with Crippen molar-refractivity contribution in [3.05, 3.63) is 0 Å². The fourth-order valence-electron chi connectivity index (χ4n) is 1.54. The molecule has 0 fully saturated rings. The molecule has 0 rings (SSSR count). The average molecular weight is 244 g/mol. The Morgan fingerprint density at radius 1 is 1.35 bits per heavy atom. The molecule has 0 aliphatic heterocycles. The molecular weight excluding hydrogens is 220 g/mol. The van der Waals surface area contributed by atoms with E-state index in [4.69, 9.17) is 5.11 Å². The zero-order chi connectivity index (χ0) is 13.6. The summed E-state index contributed by atoms with van der Waals surface area (Å²) in [6, 6.07) is -0.272. The summed E-state index contributed by atoms with van der Waals surface area (Å²) in [5.41, 5.74) is -0.120. The van der Waals surface area contributed by atoms with Crippen LogP contribution in [0.15, 0.2) is 0 Å². The SMILES string of the molecule is CCN(C(=O)CNC(C)(C)C)C(C)CC(=O)O. The summed E-state index contributed by atoms with van der Waals surface area (Å²) in [6.07, 6.45) is -0.0188. The van der Waals surface area contributed by atoms with E-state index < -0.39 is 5.97 Å². The minimum atomic E-state index is -0.882. The van der Waals surface area contributed by atoms with Gasteiger partial charge in [0.05, 0.1) is 13.0 Å². The monoisotopic (exact) mass is 244 g/mol. The van der Waals surface area contributed by atoms with E-state index in [0.717, 1.165) is 0 Å². The number of nitrogens with one attached hydrogen (secondary N) is 1. The highest BCUT2D eigenvalue weighted by molar-refractivity contribution is 5.79. The van der Waals surface area contributed by atoms with Crippen LogP contribution in [0.4, 0.5) is 0 Å². The van der Waals surface area contributed by atoms with Gasteiger partial charge in [-0.15, -0.1) is 0 Å². The topological polar surface area (TPSA) is 69.6 Å². The Kier molecular flexibility index (Phi) is 6.16. The van der Waals surface area contributed by atoms with Gasteiger partial charge in [0.1, 0.15) is 0 Å². The van der Waals surface area contributed by atoms with Gasteiger partial charge in [-0.2, -0.15) is 0 Å². The van der Waals surface area contributed by atoms with Gasteiger partial charge in [-0.1, -0.05) is 0 Å². The molecule has 0 aromatic rings. The minimum absolute atomic E-state index is 0.0188. The van der Waals surface area contributed by atoms with Crippen molar-refractivity contribution in [3.63, 3.8) is 0 Å². The average Bonchev–Trinajstić information content (AvgIpc) is 2.13. The molecule has 1 atom stereocenters. The summed E-state index contributed by atoms with van der Waals surface area (Å²) in [6.45, 7) is 10.3. The number of carboxylic acids is 1. The lowest BCUT2D eigenvalue weighted by atomic mass is 10.1. The molecule has 0 spiro atoms. The van der Waals surface area contributed by atoms with Crippen molar-refractivity contribution in [1.29, 1.82) is 0 Å². The summed E-state index contributed by atoms with van der Waals surface area (Å²) < 4.78 is 0. The van der Waals surface area contributed by atoms with E-state index in [-0.39, 0.29) is 30.5 Å².